The van der Waals surface area contributed by atoms with Gasteiger partial charge in [0.25, 0.3) is 17.7 Å². The molecule has 12 aromatic rings. The van der Waals surface area contributed by atoms with Crippen molar-refractivity contribution >= 4 is 34.3 Å². The molecule has 6 saturated heterocycles. The zero-order chi connectivity index (χ0) is 72.3. The molecule has 18 rings (SSSR count). The summed E-state index contributed by atoms with van der Waals surface area (Å²) in [7, 11) is 6.60. The number of fused-ring (bicyclic) bond motifs is 9. The molecular formula is C84H84F3N15O3. The maximum Gasteiger partial charge on any atom is 0.255 e. The van der Waals surface area contributed by atoms with Crippen LogP contribution >= 0.6 is 0 Å². The van der Waals surface area contributed by atoms with Gasteiger partial charge >= 0.3 is 0 Å². The molecule has 0 saturated carbocycles. The van der Waals surface area contributed by atoms with E-state index in [0.717, 1.165) is 122 Å². The molecule has 6 bridgehead atoms. The molecule has 3 amide bonds. The van der Waals surface area contributed by atoms with Gasteiger partial charge in [-0.3, -0.25) is 29.3 Å². The highest BCUT2D eigenvalue weighted by atomic mass is 19.1. The Labute approximate surface area is 607 Å². The van der Waals surface area contributed by atoms with Gasteiger partial charge in [-0.15, -0.1) is 0 Å². The van der Waals surface area contributed by atoms with Gasteiger partial charge in [0.05, 0.1) is 68.9 Å². The number of aromatic nitrogens is 9. The molecule has 3 aromatic carbocycles. The minimum atomic E-state index is -0.236. The van der Waals surface area contributed by atoms with E-state index < -0.39 is 0 Å². The molecule has 15 heterocycles. The lowest BCUT2D eigenvalue weighted by Gasteiger charge is -2.36. The zero-order valence-corrected chi connectivity index (χ0v) is 59.7. The predicted octanol–water partition coefficient (Wildman–Crippen LogP) is 14.6. The molecule has 105 heavy (non-hydrogen) atoms. The van der Waals surface area contributed by atoms with E-state index in [4.69, 9.17) is 0 Å². The quantitative estimate of drug-likeness (QED) is 0.105. The van der Waals surface area contributed by atoms with Crippen LogP contribution in [0, 0.1) is 38.2 Å². The summed E-state index contributed by atoms with van der Waals surface area (Å²) in [4.78, 5) is 61.1. The Morgan fingerprint density at radius 2 is 0.629 bits per heavy atom. The Balaban J connectivity index is 0.000000121. The van der Waals surface area contributed by atoms with Crippen LogP contribution in [0.1, 0.15) is 125 Å². The number of rotatable bonds is 12. The van der Waals surface area contributed by atoms with E-state index in [9.17, 15) is 27.6 Å². The van der Waals surface area contributed by atoms with E-state index in [1.54, 1.807) is 89.7 Å². The van der Waals surface area contributed by atoms with Crippen LogP contribution in [0.5, 0.6) is 0 Å². The third kappa shape index (κ3) is 13.7. The fourth-order valence-corrected chi connectivity index (χ4v) is 17.3. The Bertz CT molecular complexity index is 4760. The summed E-state index contributed by atoms with van der Waals surface area (Å²) in [6.07, 6.45) is 29.0. The molecule has 0 radical (unpaired) electrons. The smallest absolute Gasteiger partial charge is 0.255 e. The number of nitrogens with one attached hydrogen (secondary N) is 3. The Morgan fingerprint density at radius 3 is 0.886 bits per heavy atom. The fourth-order valence-electron chi connectivity index (χ4n) is 17.3. The average molecular weight is 1410 g/mol. The van der Waals surface area contributed by atoms with E-state index in [1.165, 1.54) is 56.7 Å². The summed E-state index contributed by atoms with van der Waals surface area (Å²) in [6, 6.07) is 42.6. The summed E-state index contributed by atoms with van der Waals surface area (Å²) in [6.45, 7) is 5.25. The molecule has 3 N–H and O–H groups in total. The van der Waals surface area contributed by atoms with Gasteiger partial charge in [-0.25, -0.2) is 26.7 Å². The monoisotopic (exact) mass is 1410 g/mol. The first-order valence-corrected chi connectivity index (χ1v) is 36.6. The van der Waals surface area contributed by atoms with E-state index >= 15 is 0 Å². The lowest BCUT2D eigenvalue weighted by atomic mass is 9.97. The number of hydrogen-bond donors (Lipinski definition) is 3. The number of piperidine rings is 3. The van der Waals surface area contributed by atoms with Crippen LogP contribution in [0.3, 0.4) is 0 Å². The first-order valence-electron chi connectivity index (χ1n) is 36.6. The van der Waals surface area contributed by atoms with Gasteiger partial charge in [0, 0.05) is 125 Å². The number of halogens is 3. The van der Waals surface area contributed by atoms with Gasteiger partial charge in [0.15, 0.2) is 0 Å². The Kier molecular flexibility index (Phi) is 18.8. The molecule has 0 aliphatic carbocycles. The van der Waals surface area contributed by atoms with Crippen LogP contribution in [0.15, 0.2) is 183 Å². The summed E-state index contributed by atoms with van der Waals surface area (Å²) in [5.41, 5.74) is 16.1. The fraction of sp³-hybridized carbons (Fsp3) is 0.321. The van der Waals surface area contributed by atoms with Crippen LogP contribution in [0.2, 0.25) is 0 Å². The lowest BCUT2D eigenvalue weighted by Crippen LogP contribution is -2.48. The highest BCUT2D eigenvalue weighted by Gasteiger charge is 2.42. The molecule has 6 aliphatic rings. The molecule has 6 atom stereocenters. The molecular weight excluding hydrogens is 1320 g/mol. The average Bonchev–Trinajstić information content (AvgIpc) is 1.70. The van der Waals surface area contributed by atoms with Crippen LogP contribution < -0.4 is 16.0 Å². The van der Waals surface area contributed by atoms with Crippen LogP contribution in [0.25, 0.3) is 83.7 Å². The van der Waals surface area contributed by atoms with Crippen molar-refractivity contribution in [3.63, 3.8) is 0 Å². The summed E-state index contributed by atoms with van der Waals surface area (Å²) < 4.78 is 46.8. The van der Waals surface area contributed by atoms with Crippen molar-refractivity contribution in [2.45, 2.75) is 152 Å². The van der Waals surface area contributed by atoms with Crippen LogP contribution in [0.4, 0.5) is 13.2 Å². The van der Waals surface area contributed by atoms with Crippen LogP contribution in [-0.2, 0) is 0 Å². The van der Waals surface area contributed by atoms with Gasteiger partial charge < -0.3 is 30.7 Å². The number of amides is 3. The predicted molar refractivity (Wildman–Crippen MR) is 401 cm³/mol. The molecule has 18 nitrogen and oxygen atoms in total. The van der Waals surface area contributed by atoms with Crippen molar-refractivity contribution in [3.05, 3.63) is 234 Å². The number of hydrogen-bond acceptors (Lipinski definition) is 12. The highest BCUT2D eigenvalue weighted by Crippen LogP contribution is 2.40. The molecule has 6 unspecified atom stereocenters. The SMILES string of the molecule is Cc1cc(-c2ncccc2-c2ccn3ncc(C(=O)NC4CC5CCC(C4)N5C)c3c2)ccc1F.Cc1cc(-c2ncccc2-c2ccn3ncc(C(=O)NC4CC5CCC(C4)N5C)c3c2)ccc1F.Cc1cc(-c2ncccc2-c2ccn3ncc(C(=O)NC4CC5CCC(C4)N5C)c3c2)ccc1F. The van der Waals surface area contributed by atoms with Crippen molar-refractivity contribution < 1.29 is 27.6 Å². The van der Waals surface area contributed by atoms with Gasteiger partial charge in [-0.2, -0.15) is 15.3 Å². The summed E-state index contributed by atoms with van der Waals surface area (Å²) in [5, 5.41) is 23.1. The van der Waals surface area contributed by atoms with E-state index in [2.05, 4.69) is 82.0 Å². The molecule has 6 fully saturated rings. The maximum atomic E-state index is 13.9. The van der Waals surface area contributed by atoms with E-state index in [0.29, 0.717) is 69.6 Å². The maximum absolute atomic E-state index is 13.9. The second-order valence-electron chi connectivity index (χ2n) is 29.6. The second-order valence-corrected chi connectivity index (χ2v) is 29.6. The molecule has 534 valence electrons. The third-order valence-electron chi connectivity index (χ3n) is 23.2. The minimum absolute atomic E-state index is 0.0772. The van der Waals surface area contributed by atoms with E-state index in [-0.39, 0.29) is 53.3 Å². The zero-order valence-electron chi connectivity index (χ0n) is 59.7. The largest absolute Gasteiger partial charge is 0.349 e. The third-order valence-corrected chi connectivity index (χ3v) is 23.2. The van der Waals surface area contributed by atoms with Crippen molar-refractivity contribution in [2.75, 3.05) is 21.1 Å². The molecule has 21 heteroatoms. The number of benzene rings is 3. The Morgan fingerprint density at radius 1 is 0.362 bits per heavy atom. The topological polar surface area (TPSA) is 188 Å². The molecule has 9 aromatic heterocycles. The van der Waals surface area contributed by atoms with Gasteiger partial charge in [0.2, 0.25) is 0 Å². The number of nitrogens with zero attached hydrogens (tertiary/aromatic N) is 12. The minimum Gasteiger partial charge on any atom is -0.349 e. The van der Waals surface area contributed by atoms with Gasteiger partial charge in [0.1, 0.15) is 17.5 Å². The highest BCUT2D eigenvalue weighted by molar-refractivity contribution is 6.03. The summed E-state index contributed by atoms with van der Waals surface area (Å²) in [5.74, 6) is -0.939. The van der Waals surface area contributed by atoms with Gasteiger partial charge in [-0.05, 0) is 262 Å². The standard InChI is InChI=1S/3C28H28FN5O/c3*1-17-12-19(5-8-25(17)29)27-23(4-3-10-30-27)18-9-11-34-26(13-18)24(16-31-34)28(35)32-20-14-21-6-7-22(15-20)33(21)2/h3*3-5,8-13,16,20-22H,6-7,14-15H2,1-2H3,(H,32,35). The number of pyridine rings is 6. The van der Waals surface area contributed by atoms with Gasteiger partial charge in [-0.1, -0.05) is 18.2 Å². The molecule has 6 aliphatic heterocycles. The van der Waals surface area contributed by atoms with E-state index in [1.807, 2.05) is 110 Å². The number of carbonyl (C=O) groups excluding carboxylic acids is 3. The lowest BCUT2D eigenvalue weighted by molar-refractivity contribution is 0.0875. The van der Waals surface area contributed by atoms with Crippen molar-refractivity contribution in [1.29, 1.82) is 0 Å². The first-order chi connectivity index (χ1) is 50.9. The van der Waals surface area contributed by atoms with Crippen LogP contribution in [-0.4, -0.2) is 152 Å². The Hall–Kier alpha value is -10.7. The summed E-state index contributed by atoms with van der Waals surface area (Å²) >= 11 is 0. The number of aryl methyl sites for hydroxylation is 3. The molecule has 0 spiro atoms. The number of carbonyl (C=O) groups is 3. The normalized spacial score (nSPS) is 22.0. The van der Waals surface area contributed by atoms with Crippen molar-refractivity contribution in [1.82, 2.24) is 74.4 Å². The van der Waals surface area contributed by atoms with Crippen molar-refractivity contribution in [3.8, 4) is 67.2 Å². The van der Waals surface area contributed by atoms with Crippen molar-refractivity contribution in [2.24, 2.45) is 0 Å². The second kappa shape index (κ2) is 28.7. The first kappa shape index (κ1) is 68.7.